The maximum absolute atomic E-state index is 10.8. The molecule has 0 saturated carbocycles. The highest BCUT2D eigenvalue weighted by molar-refractivity contribution is 14.1. The van der Waals surface area contributed by atoms with Gasteiger partial charge >= 0.3 is 0 Å². The number of Topliss-reactive ketones (excluding diaryl/α,β-unsaturated/α-hetero) is 1. The summed E-state index contributed by atoms with van der Waals surface area (Å²) in [6.07, 6.45) is 0. The highest BCUT2D eigenvalue weighted by Gasteiger charge is 2.32. The highest BCUT2D eigenvalue weighted by atomic mass is 127. The number of hydrogen-bond donors (Lipinski definition) is 0. The van der Waals surface area contributed by atoms with E-state index in [9.17, 15) is 4.79 Å². The van der Waals surface area contributed by atoms with Gasteiger partial charge in [-0.25, -0.2) is 0 Å². The molecular formula is C18H18I2O3. The third kappa shape index (κ3) is 5.51. The number of hydrogen-bond acceptors (Lipinski definition) is 3. The average Bonchev–Trinajstić information content (AvgIpc) is 2.97. The number of halogens is 2. The summed E-state index contributed by atoms with van der Waals surface area (Å²) in [5.41, 5.74) is 1.87. The molecule has 1 fully saturated rings. The van der Waals surface area contributed by atoms with E-state index in [0.29, 0.717) is 13.2 Å². The second-order valence-corrected chi connectivity index (χ2v) is 7.70. The maximum Gasteiger partial charge on any atom is 0.192 e. The van der Waals surface area contributed by atoms with Crippen LogP contribution in [0.3, 0.4) is 0 Å². The van der Waals surface area contributed by atoms with Crippen LogP contribution in [0.2, 0.25) is 0 Å². The largest absolute Gasteiger partial charge is 0.344 e. The van der Waals surface area contributed by atoms with Crippen molar-refractivity contribution in [3.63, 3.8) is 0 Å². The molecule has 122 valence electrons. The van der Waals surface area contributed by atoms with Crippen molar-refractivity contribution in [2.24, 2.45) is 0 Å². The van der Waals surface area contributed by atoms with Crippen LogP contribution >= 0.6 is 45.2 Å². The Morgan fingerprint density at radius 2 is 1.35 bits per heavy atom. The first kappa shape index (κ1) is 18.8. The van der Waals surface area contributed by atoms with Crippen LogP contribution in [0.15, 0.2) is 48.5 Å². The lowest BCUT2D eigenvalue weighted by molar-refractivity contribution is -0.149. The van der Waals surface area contributed by atoms with Gasteiger partial charge in [0.15, 0.2) is 11.6 Å². The van der Waals surface area contributed by atoms with Crippen LogP contribution in [-0.4, -0.2) is 19.0 Å². The Morgan fingerprint density at radius 1 is 0.913 bits per heavy atom. The summed E-state index contributed by atoms with van der Waals surface area (Å²) in [5.74, 6) is -0.402. The Balaban J connectivity index is 0.000000174. The predicted molar refractivity (Wildman–Crippen MR) is 108 cm³/mol. The quantitative estimate of drug-likeness (QED) is 0.401. The molecule has 3 rings (SSSR count). The fraction of sp³-hybridized carbons (Fsp3) is 0.278. The Kier molecular flexibility index (Phi) is 7.00. The zero-order valence-electron chi connectivity index (χ0n) is 13.0. The van der Waals surface area contributed by atoms with Crippen LogP contribution in [0.1, 0.15) is 29.8 Å². The summed E-state index contributed by atoms with van der Waals surface area (Å²) in [6, 6.07) is 15.8. The number of ketones is 1. The van der Waals surface area contributed by atoms with Crippen molar-refractivity contribution in [2.75, 3.05) is 13.2 Å². The lowest BCUT2D eigenvalue weighted by Crippen LogP contribution is -2.22. The van der Waals surface area contributed by atoms with Crippen LogP contribution in [0, 0.1) is 7.14 Å². The number of rotatable bonds is 2. The van der Waals surface area contributed by atoms with E-state index in [1.165, 1.54) is 3.57 Å². The second kappa shape index (κ2) is 8.55. The van der Waals surface area contributed by atoms with E-state index in [1.807, 2.05) is 43.3 Å². The predicted octanol–water partition coefficient (Wildman–Crippen LogP) is 5.00. The van der Waals surface area contributed by atoms with Gasteiger partial charge in [0.1, 0.15) is 0 Å². The molecule has 1 aliphatic rings. The molecule has 0 bridgehead atoms. The Morgan fingerprint density at radius 3 is 1.78 bits per heavy atom. The molecule has 0 aromatic heterocycles. The van der Waals surface area contributed by atoms with Crippen molar-refractivity contribution in [3.8, 4) is 0 Å². The van der Waals surface area contributed by atoms with Crippen LogP contribution in [0.25, 0.3) is 0 Å². The molecule has 3 nitrogen and oxygen atoms in total. The highest BCUT2D eigenvalue weighted by Crippen LogP contribution is 2.30. The molecule has 0 atom stereocenters. The van der Waals surface area contributed by atoms with Gasteiger partial charge in [0.05, 0.1) is 13.2 Å². The van der Waals surface area contributed by atoms with Crippen LogP contribution in [0.4, 0.5) is 0 Å². The molecule has 23 heavy (non-hydrogen) atoms. The Labute approximate surface area is 164 Å². The summed E-state index contributed by atoms with van der Waals surface area (Å²) in [7, 11) is 0. The summed E-state index contributed by atoms with van der Waals surface area (Å²) in [5, 5.41) is 0. The molecule has 1 saturated heterocycles. The number of carbonyl (C=O) groups excluding carboxylic acids is 1. The fourth-order valence-electron chi connectivity index (χ4n) is 2.12. The number of ether oxygens (including phenoxy) is 2. The Bertz CT molecular complexity index is 645. The van der Waals surface area contributed by atoms with Gasteiger partial charge in [0.2, 0.25) is 0 Å². The van der Waals surface area contributed by atoms with Crippen molar-refractivity contribution < 1.29 is 14.3 Å². The first-order valence-corrected chi connectivity index (χ1v) is 9.37. The van der Waals surface area contributed by atoms with Gasteiger partial charge in [-0.1, -0.05) is 24.3 Å². The third-order valence-electron chi connectivity index (χ3n) is 3.46. The standard InChI is InChI=1S/C10H11IO2.C8H7IO/c1-10(12-6-7-13-10)8-2-4-9(11)5-3-8;1-6(10)7-2-4-8(9)5-3-7/h2-5H,6-7H2,1H3;2-5H,1H3. The zero-order chi connectivity index (χ0) is 16.9. The van der Waals surface area contributed by atoms with Crippen molar-refractivity contribution in [1.29, 1.82) is 0 Å². The van der Waals surface area contributed by atoms with E-state index in [4.69, 9.17) is 9.47 Å². The molecule has 0 unspecified atom stereocenters. The molecule has 0 N–H and O–H groups in total. The molecule has 1 heterocycles. The SMILES string of the molecule is CC(=O)c1ccc(I)cc1.CC1(c2ccc(I)cc2)OCCO1. The van der Waals surface area contributed by atoms with Gasteiger partial charge in [-0.15, -0.1) is 0 Å². The van der Waals surface area contributed by atoms with Crippen LogP contribution in [0.5, 0.6) is 0 Å². The fourth-order valence-corrected chi connectivity index (χ4v) is 2.84. The minimum Gasteiger partial charge on any atom is -0.344 e. The molecule has 0 amide bonds. The number of carbonyl (C=O) groups is 1. The van der Waals surface area contributed by atoms with Crippen molar-refractivity contribution in [1.82, 2.24) is 0 Å². The van der Waals surface area contributed by atoms with Gasteiger partial charge in [-0.2, -0.15) is 0 Å². The van der Waals surface area contributed by atoms with Gasteiger partial charge in [-0.05, 0) is 83.3 Å². The van der Waals surface area contributed by atoms with E-state index in [-0.39, 0.29) is 5.78 Å². The van der Waals surface area contributed by atoms with Gasteiger partial charge in [0.25, 0.3) is 0 Å². The van der Waals surface area contributed by atoms with E-state index in [1.54, 1.807) is 6.92 Å². The Hall–Kier alpha value is -0.510. The van der Waals surface area contributed by atoms with Crippen molar-refractivity contribution >= 4 is 51.0 Å². The van der Waals surface area contributed by atoms with E-state index in [0.717, 1.165) is 14.7 Å². The van der Waals surface area contributed by atoms with Gasteiger partial charge in [-0.3, -0.25) is 4.79 Å². The smallest absolute Gasteiger partial charge is 0.192 e. The molecule has 5 heteroatoms. The number of benzene rings is 2. The molecule has 0 radical (unpaired) electrons. The van der Waals surface area contributed by atoms with E-state index >= 15 is 0 Å². The zero-order valence-corrected chi connectivity index (χ0v) is 17.3. The topological polar surface area (TPSA) is 35.5 Å². The van der Waals surface area contributed by atoms with Crippen molar-refractivity contribution in [3.05, 3.63) is 66.8 Å². The third-order valence-corrected chi connectivity index (χ3v) is 4.90. The van der Waals surface area contributed by atoms with E-state index in [2.05, 4.69) is 57.3 Å². The summed E-state index contributed by atoms with van der Waals surface area (Å²) < 4.78 is 13.5. The maximum atomic E-state index is 10.8. The van der Waals surface area contributed by atoms with Gasteiger partial charge < -0.3 is 9.47 Å². The lowest BCUT2D eigenvalue weighted by atomic mass is 10.1. The molecule has 0 aliphatic carbocycles. The average molecular weight is 536 g/mol. The molecule has 1 aliphatic heterocycles. The normalized spacial score (nSPS) is 15.7. The minimum absolute atomic E-state index is 0.122. The van der Waals surface area contributed by atoms with Gasteiger partial charge in [0, 0.05) is 18.3 Å². The second-order valence-electron chi connectivity index (χ2n) is 5.21. The van der Waals surface area contributed by atoms with E-state index < -0.39 is 5.79 Å². The monoisotopic (exact) mass is 536 g/mol. The van der Waals surface area contributed by atoms with Crippen molar-refractivity contribution in [2.45, 2.75) is 19.6 Å². The molecule has 2 aromatic carbocycles. The molecular weight excluding hydrogens is 518 g/mol. The van der Waals surface area contributed by atoms with Crippen LogP contribution in [-0.2, 0) is 15.3 Å². The summed E-state index contributed by atoms with van der Waals surface area (Å²) in [4.78, 5) is 10.8. The van der Waals surface area contributed by atoms with Crippen LogP contribution < -0.4 is 0 Å². The first-order valence-electron chi connectivity index (χ1n) is 7.21. The molecule has 0 spiro atoms. The first-order chi connectivity index (χ1) is 10.9. The summed E-state index contributed by atoms with van der Waals surface area (Å²) >= 11 is 4.49. The summed E-state index contributed by atoms with van der Waals surface area (Å²) in [6.45, 7) is 4.90. The lowest BCUT2D eigenvalue weighted by Gasteiger charge is -2.22. The minimum atomic E-state index is -0.523. The molecule has 2 aromatic rings.